The standard InChI is InChI=1S/C12H23NO3/c1-5-13(11(3)10-15-4)9-7-8-12(14)16-6-2/h7-8,11H,5-6,9-10H2,1-4H3/b8-7+. The van der Waals surface area contributed by atoms with E-state index >= 15 is 0 Å². The number of carbonyl (C=O) groups excluding carboxylic acids is 1. The Hall–Kier alpha value is -0.870. The molecule has 1 unspecified atom stereocenters. The zero-order chi connectivity index (χ0) is 12.4. The molecule has 0 heterocycles. The van der Waals surface area contributed by atoms with Gasteiger partial charge < -0.3 is 9.47 Å². The average molecular weight is 229 g/mol. The number of likely N-dealkylation sites (N-methyl/N-ethyl adjacent to an activating group) is 1. The van der Waals surface area contributed by atoms with Crippen molar-refractivity contribution in [1.29, 1.82) is 0 Å². The quantitative estimate of drug-likeness (QED) is 0.466. The minimum Gasteiger partial charge on any atom is -0.463 e. The van der Waals surface area contributed by atoms with E-state index in [2.05, 4.69) is 18.7 Å². The van der Waals surface area contributed by atoms with Crippen molar-refractivity contribution in [2.75, 3.05) is 33.4 Å². The number of methoxy groups -OCH3 is 1. The summed E-state index contributed by atoms with van der Waals surface area (Å²) in [5.74, 6) is -0.280. The molecule has 0 spiro atoms. The first-order chi connectivity index (χ1) is 7.65. The van der Waals surface area contributed by atoms with Gasteiger partial charge in [-0.05, 0) is 20.4 Å². The lowest BCUT2D eigenvalue weighted by molar-refractivity contribution is -0.137. The van der Waals surface area contributed by atoms with E-state index in [-0.39, 0.29) is 5.97 Å². The number of nitrogens with zero attached hydrogens (tertiary/aromatic N) is 1. The molecule has 0 aromatic carbocycles. The van der Waals surface area contributed by atoms with Crippen LogP contribution in [0.15, 0.2) is 12.2 Å². The maximum Gasteiger partial charge on any atom is 0.330 e. The van der Waals surface area contributed by atoms with Gasteiger partial charge in [-0.3, -0.25) is 4.90 Å². The summed E-state index contributed by atoms with van der Waals surface area (Å²) < 4.78 is 9.89. The first-order valence-corrected chi connectivity index (χ1v) is 5.71. The fourth-order valence-corrected chi connectivity index (χ4v) is 1.44. The molecule has 1 atom stereocenters. The molecule has 0 fully saturated rings. The fourth-order valence-electron chi connectivity index (χ4n) is 1.44. The van der Waals surface area contributed by atoms with Gasteiger partial charge in [-0.1, -0.05) is 13.0 Å². The third-order valence-corrected chi connectivity index (χ3v) is 2.32. The van der Waals surface area contributed by atoms with Gasteiger partial charge in [-0.25, -0.2) is 4.79 Å². The fraction of sp³-hybridized carbons (Fsp3) is 0.750. The Morgan fingerprint density at radius 3 is 2.62 bits per heavy atom. The molecule has 0 saturated heterocycles. The molecule has 0 amide bonds. The molecule has 0 saturated carbocycles. The summed E-state index contributed by atoms with van der Waals surface area (Å²) in [6.45, 7) is 8.76. The van der Waals surface area contributed by atoms with Gasteiger partial charge in [0.2, 0.25) is 0 Å². The number of hydrogen-bond donors (Lipinski definition) is 0. The summed E-state index contributed by atoms with van der Waals surface area (Å²) in [5, 5.41) is 0. The molecule has 4 nitrogen and oxygen atoms in total. The molecule has 0 aromatic rings. The van der Waals surface area contributed by atoms with Crippen LogP contribution in [0.1, 0.15) is 20.8 Å². The number of carbonyl (C=O) groups is 1. The monoisotopic (exact) mass is 229 g/mol. The first-order valence-electron chi connectivity index (χ1n) is 5.71. The van der Waals surface area contributed by atoms with Crippen molar-refractivity contribution in [2.45, 2.75) is 26.8 Å². The third-order valence-electron chi connectivity index (χ3n) is 2.32. The van der Waals surface area contributed by atoms with Crippen molar-refractivity contribution in [3.8, 4) is 0 Å². The SMILES string of the molecule is CCOC(=O)/C=C/CN(CC)C(C)COC. The Morgan fingerprint density at radius 1 is 1.44 bits per heavy atom. The van der Waals surface area contributed by atoms with Gasteiger partial charge in [0.1, 0.15) is 0 Å². The van der Waals surface area contributed by atoms with E-state index in [0.717, 1.165) is 13.1 Å². The van der Waals surface area contributed by atoms with Crippen LogP contribution in [-0.4, -0.2) is 50.3 Å². The van der Waals surface area contributed by atoms with Crippen LogP contribution in [0.5, 0.6) is 0 Å². The number of ether oxygens (including phenoxy) is 2. The average Bonchev–Trinajstić information content (AvgIpc) is 2.25. The highest BCUT2D eigenvalue weighted by Crippen LogP contribution is 1.99. The van der Waals surface area contributed by atoms with Gasteiger partial charge >= 0.3 is 5.97 Å². The molecular formula is C12H23NO3. The highest BCUT2D eigenvalue weighted by atomic mass is 16.5. The van der Waals surface area contributed by atoms with Crippen molar-refractivity contribution >= 4 is 5.97 Å². The van der Waals surface area contributed by atoms with Crippen molar-refractivity contribution in [2.24, 2.45) is 0 Å². The smallest absolute Gasteiger partial charge is 0.330 e. The Kier molecular flexibility index (Phi) is 8.85. The Labute approximate surface area is 98.2 Å². The molecule has 94 valence electrons. The Morgan fingerprint density at radius 2 is 2.12 bits per heavy atom. The zero-order valence-corrected chi connectivity index (χ0v) is 10.7. The van der Waals surface area contributed by atoms with Crippen molar-refractivity contribution in [1.82, 2.24) is 4.90 Å². The van der Waals surface area contributed by atoms with Gasteiger partial charge in [-0.15, -0.1) is 0 Å². The van der Waals surface area contributed by atoms with E-state index < -0.39 is 0 Å². The van der Waals surface area contributed by atoms with Crippen LogP contribution >= 0.6 is 0 Å². The van der Waals surface area contributed by atoms with Crippen LogP contribution in [0.25, 0.3) is 0 Å². The highest BCUT2D eigenvalue weighted by Gasteiger charge is 2.09. The highest BCUT2D eigenvalue weighted by molar-refractivity contribution is 5.81. The summed E-state index contributed by atoms with van der Waals surface area (Å²) in [4.78, 5) is 13.3. The van der Waals surface area contributed by atoms with Crippen molar-refractivity contribution in [3.05, 3.63) is 12.2 Å². The summed E-state index contributed by atoms with van der Waals surface area (Å²) in [6.07, 6.45) is 3.30. The predicted molar refractivity (Wildman–Crippen MR) is 64.4 cm³/mol. The lowest BCUT2D eigenvalue weighted by Crippen LogP contribution is -2.36. The van der Waals surface area contributed by atoms with E-state index in [1.807, 2.05) is 6.08 Å². The largest absolute Gasteiger partial charge is 0.463 e. The maximum absolute atomic E-state index is 11.1. The number of esters is 1. The molecule has 0 aliphatic rings. The molecule has 0 bridgehead atoms. The van der Waals surface area contributed by atoms with Crippen LogP contribution < -0.4 is 0 Å². The van der Waals surface area contributed by atoms with E-state index in [0.29, 0.717) is 19.3 Å². The molecule has 0 aliphatic heterocycles. The molecule has 4 heteroatoms. The molecule has 0 rings (SSSR count). The van der Waals surface area contributed by atoms with Crippen LogP contribution in [0.4, 0.5) is 0 Å². The van der Waals surface area contributed by atoms with Crippen LogP contribution in [0.2, 0.25) is 0 Å². The lowest BCUT2D eigenvalue weighted by atomic mass is 10.3. The Balaban J connectivity index is 3.98. The van der Waals surface area contributed by atoms with Gasteiger partial charge in [0.25, 0.3) is 0 Å². The maximum atomic E-state index is 11.1. The topological polar surface area (TPSA) is 38.8 Å². The molecule has 0 aromatic heterocycles. The number of rotatable bonds is 8. The van der Waals surface area contributed by atoms with Gasteiger partial charge in [-0.2, -0.15) is 0 Å². The van der Waals surface area contributed by atoms with E-state index in [9.17, 15) is 4.79 Å². The van der Waals surface area contributed by atoms with Gasteiger partial charge in [0, 0.05) is 25.8 Å². The normalized spacial score (nSPS) is 13.3. The van der Waals surface area contributed by atoms with Gasteiger partial charge in [0.15, 0.2) is 0 Å². The van der Waals surface area contributed by atoms with Crippen molar-refractivity contribution < 1.29 is 14.3 Å². The summed E-state index contributed by atoms with van der Waals surface area (Å²) in [7, 11) is 1.69. The summed E-state index contributed by atoms with van der Waals surface area (Å²) >= 11 is 0. The Bertz CT molecular complexity index is 216. The van der Waals surface area contributed by atoms with E-state index in [1.165, 1.54) is 6.08 Å². The lowest BCUT2D eigenvalue weighted by Gasteiger charge is -2.25. The molecule has 0 radical (unpaired) electrons. The van der Waals surface area contributed by atoms with Crippen LogP contribution in [0.3, 0.4) is 0 Å². The number of hydrogen-bond acceptors (Lipinski definition) is 4. The molecule has 16 heavy (non-hydrogen) atoms. The second-order valence-corrected chi connectivity index (χ2v) is 3.55. The van der Waals surface area contributed by atoms with Gasteiger partial charge in [0.05, 0.1) is 13.2 Å². The second kappa shape index (κ2) is 9.36. The van der Waals surface area contributed by atoms with Crippen LogP contribution in [-0.2, 0) is 14.3 Å². The third kappa shape index (κ3) is 6.58. The first kappa shape index (κ1) is 15.1. The summed E-state index contributed by atoms with van der Waals surface area (Å²) in [6, 6.07) is 0.349. The molecule has 0 aliphatic carbocycles. The van der Waals surface area contributed by atoms with E-state index in [4.69, 9.17) is 9.47 Å². The van der Waals surface area contributed by atoms with E-state index in [1.54, 1.807) is 14.0 Å². The summed E-state index contributed by atoms with van der Waals surface area (Å²) in [5.41, 5.74) is 0. The van der Waals surface area contributed by atoms with Crippen molar-refractivity contribution in [3.63, 3.8) is 0 Å². The van der Waals surface area contributed by atoms with Crippen LogP contribution in [0, 0.1) is 0 Å². The molecule has 0 N–H and O–H groups in total. The zero-order valence-electron chi connectivity index (χ0n) is 10.7. The minimum atomic E-state index is -0.280. The molecular weight excluding hydrogens is 206 g/mol. The predicted octanol–water partition coefficient (Wildman–Crippen LogP) is 1.46. The minimum absolute atomic E-state index is 0.280. The second-order valence-electron chi connectivity index (χ2n) is 3.55.